The van der Waals surface area contributed by atoms with Crippen molar-refractivity contribution in [2.45, 2.75) is 12.5 Å². The van der Waals surface area contributed by atoms with E-state index in [0.717, 1.165) is 0 Å². The Hall–Kier alpha value is -1.63. The molecule has 1 atom stereocenters. The fourth-order valence-corrected chi connectivity index (χ4v) is 0.962. The lowest BCUT2D eigenvalue weighted by atomic mass is 10.3. The first-order valence-corrected chi connectivity index (χ1v) is 4.26. The summed E-state index contributed by atoms with van der Waals surface area (Å²) >= 11 is 0. The maximum Gasteiger partial charge on any atom is 0.347 e. The van der Waals surface area contributed by atoms with Crippen LogP contribution < -0.4 is 0 Å². The van der Waals surface area contributed by atoms with E-state index in [0.29, 0.717) is 6.42 Å². The molecule has 1 N–H and O–H groups in total. The number of esters is 3. The molecule has 0 aromatic rings. The molecular formula is C8H10O7. The third kappa shape index (κ3) is 3.55. The van der Waals surface area contributed by atoms with Gasteiger partial charge >= 0.3 is 17.9 Å². The molecule has 1 fully saturated rings. The van der Waals surface area contributed by atoms with E-state index in [1.165, 1.54) is 0 Å². The number of hydrogen-bond acceptors (Lipinski definition) is 7. The standard InChI is InChI=1S/C8H10O7/c9-3-6(10)14-4-7(11)15-5-1-2-13-8(5)12/h5,9H,1-4H2. The van der Waals surface area contributed by atoms with Crippen LogP contribution in [0.25, 0.3) is 0 Å². The Bertz CT molecular complexity index is 272. The number of carbonyl (C=O) groups is 3. The van der Waals surface area contributed by atoms with Crippen molar-refractivity contribution in [3.8, 4) is 0 Å². The van der Waals surface area contributed by atoms with E-state index < -0.39 is 37.2 Å². The van der Waals surface area contributed by atoms with E-state index in [2.05, 4.69) is 14.2 Å². The minimum atomic E-state index is -0.930. The molecule has 1 aliphatic heterocycles. The SMILES string of the molecule is O=C(CO)OCC(=O)OC1CCOC1=O. The van der Waals surface area contributed by atoms with E-state index in [9.17, 15) is 14.4 Å². The van der Waals surface area contributed by atoms with E-state index in [4.69, 9.17) is 5.11 Å². The van der Waals surface area contributed by atoms with Gasteiger partial charge in [-0.1, -0.05) is 0 Å². The van der Waals surface area contributed by atoms with Crippen LogP contribution in [0.1, 0.15) is 6.42 Å². The summed E-state index contributed by atoms with van der Waals surface area (Å²) in [4.78, 5) is 32.3. The second-order valence-corrected chi connectivity index (χ2v) is 2.75. The molecule has 15 heavy (non-hydrogen) atoms. The summed E-state index contributed by atoms with van der Waals surface area (Å²) < 4.78 is 13.5. The first kappa shape index (κ1) is 11.4. The first-order valence-electron chi connectivity index (χ1n) is 4.26. The molecule has 0 radical (unpaired) electrons. The van der Waals surface area contributed by atoms with E-state index in [1.807, 2.05) is 0 Å². The summed E-state index contributed by atoms with van der Waals surface area (Å²) in [6.07, 6.45) is -0.608. The van der Waals surface area contributed by atoms with Gasteiger partial charge in [0.05, 0.1) is 6.61 Å². The predicted octanol–water partition coefficient (Wildman–Crippen LogP) is -1.62. The maximum absolute atomic E-state index is 11.0. The molecule has 1 unspecified atom stereocenters. The van der Waals surface area contributed by atoms with Crippen LogP contribution in [0.15, 0.2) is 0 Å². The second kappa shape index (κ2) is 5.30. The Morgan fingerprint density at radius 2 is 2.20 bits per heavy atom. The minimum absolute atomic E-state index is 0.215. The van der Waals surface area contributed by atoms with Crippen LogP contribution in [0.2, 0.25) is 0 Å². The molecule has 0 saturated carbocycles. The topological polar surface area (TPSA) is 99.1 Å². The van der Waals surface area contributed by atoms with Crippen molar-refractivity contribution in [1.29, 1.82) is 0 Å². The van der Waals surface area contributed by atoms with Crippen LogP contribution in [0, 0.1) is 0 Å². The molecule has 0 aromatic heterocycles. The number of carbonyl (C=O) groups excluding carboxylic acids is 3. The van der Waals surface area contributed by atoms with Crippen LogP contribution in [0.4, 0.5) is 0 Å². The number of cyclic esters (lactones) is 1. The Balaban J connectivity index is 2.23. The molecule has 1 rings (SSSR count). The Kier molecular flexibility index (Phi) is 4.04. The van der Waals surface area contributed by atoms with Crippen LogP contribution in [0.3, 0.4) is 0 Å². The lowest BCUT2D eigenvalue weighted by molar-refractivity contribution is -0.167. The average molecular weight is 218 g/mol. The smallest absolute Gasteiger partial charge is 0.347 e. The average Bonchev–Trinajstić information content (AvgIpc) is 2.61. The predicted molar refractivity (Wildman–Crippen MR) is 43.5 cm³/mol. The summed E-state index contributed by atoms with van der Waals surface area (Å²) in [6.45, 7) is -1.21. The Labute approximate surface area is 84.9 Å². The van der Waals surface area contributed by atoms with Crippen LogP contribution in [0.5, 0.6) is 0 Å². The number of hydrogen-bond donors (Lipinski definition) is 1. The monoisotopic (exact) mass is 218 g/mol. The number of rotatable bonds is 4. The largest absolute Gasteiger partial charge is 0.463 e. The highest BCUT2D eigenvalue weighted by atomic mass is 16.6. The summed E-state index contributed by atoms with van der Waals surface area (Å²) in [7, 11) is 0. The number of aliphatic hydroxyl groups is 1. The van der Waals surface area contributed by atoms with Gasteiger partial charge in [-0.05, 0) is 0 Å². The van der Waals surface area contributed by atoms with Crippen LogP contribution in [-0.4, -0.2) is 48.9 Å². The van der Waals surface area contributed by atoms with Gasteiger partial charge in [0.25, 0.3) is 0 Å². The van der Waals surface area contributed by atoms with Crippen molar-refractivity contribution in [2.75, 3.05) is 19.8 Å². The molecule has 0 aliphatic carbocycles. The molecular weight excluding hydrogens is 208 g/mol. The fourth-order valence-electron chi connectivity index (χ4n) is 0.962. The van der Waals surface area contributed by atoms with Gasteiger partial charge in [0.1, 0.15) is 6.61 Å². The zero-order valence-electron chi connectivity index (χ0n) is 7.80. The van der Waals surface area contributed by atoms with Crippen LogP contribution >= 0.6 is 0 Å². The van der Waals surface area contributed by atoms with Gasteiger partial charge in [0.15, 0.2) is 6.61 Å². The Morgan fingerprint density at radius 3 is 2.73 bits per heavy atom. The molecule has 0 bridgehead atoms. The summed E-state index contributed by atoms with van der Waals surface area (Å²) in [6, 6.07) is 0. The second-order valence-electron chi connectivity index (χ2n) is 2.75. The van der Waals surface area contributed by atoms with E-state index in [-0.39, 0.29) is 6.61 Å². The van der Waals surface area contributed by atoms with Gasteiger partial charge in [0.2, 0.25) is 6.10 Å². The van der Waals surface area contributed by atoms with Crippen molar-refractivity contribution in [3.63, 3.8) is 0 Å². The van der Waals surface area contributed by atoms with Gasteiger partial charge in [-0.2, -0.15) is 0 Å². The summed E-state index contributed by atoms with van der Waals surface area (Å²) in [5.41, 5.74) is 0. The molecule has 0 amide bonds. The highest BCUT2D eigenvalue weighted by molar-refractivity contribution is 5.82. The quantitative estimate of drug-likeness (QED) is 0.447. The highest BCUT2D eigenvalue weighted by Gasteiger charge is 2.30. The zero-order chi connectivity index (χ0) is 11.3. The molecule has 84 valence electrons. The van der Waals surface area contributed by atoms with Crippen LogP contribution in [-0.2, 0) is 28.6 Å². The zero-order valence-corrected chi connectivity index (χ0v) is 7.80. The molecule has 0 aromatic carbocycles. The van der Waals surface area contributed by atoms with Gasteiger partial charge in [-0.25, -0.2) is 14.4 Å². The molecule has 0 spiro atoms. The van der Waals surface area contributed by atoms with Gasteiger partial charge in [-0.3, -0.25) is 0 Å². The maximum atomic E-state index is 11.0. The van der Waals surface area contributed by atoms with Gasteiger partial charge in [0, 0.05) is 6.42 Å². The summed E-state index contributed by atoms with van der Waals surface area (Å²) in [5.74, 6) is -2.38. The van der Waals surface area contributed by atoms with Gasteiger partial charge < -0.3 is 19.3 Å². The van der Waals surface area contributed by atoms with Crippen molar-refractivity contribution < 1.29 is 33.7 Å². The van der Waals surface area contributed by atoms with E-state index >= 15 is 0 Å². The van der Waals surface area contributed by atoms with Crippen molar-refractivity contribution in [2.24, 2.45) is 0 Å². The minimum Gasteiger partial charge on any atom is -0.463 e. The lowest BCUT2D eigenvalue weighted by Gasteiger charge is -2.07. The number of ether oxygens (including phenoxy) is 3. The molecule has 1 aliphatic rings. The first-order chi connectivity index (χ1) is 7.13. The molecule has 1 heterocycles. The highest BCUT2D eigenvalue weighted by Crippen LogP contribution is 2.10. The van der Waals surface area contributed by atoms with Crippen molar-refractivity contribution in [3.05, 3.63) is 0 Å². The molecule has 7 heteroatoms. The number of aliphatic hydroxyl groups excluding tert-OH is 1. The molecule has 7 nitrogen and oxygen atoms in total. The fraction of sp³-hybridized carbons (Fsp3) is 0.625. The summed E-state index contributed by atoms with van der Waals surface area (Å²) in [5, 5.41) is 8.27. The van der Waals surface area contributed by atoms with Crippen molar-refractivity contribution >= 4 is 17.9 Å². The molecule has 1 saturated heterocycles. The van der Waals surface area contributed by atoms with E-state index in [1.54, 1.807) is 0 Å². The third-order valence-corrected chi connectivity index (χ3v) is 1.64. The lowest BCUT2D eigenvalue weighted by Crippen LogP contribution is -2.26. The van der Waals surface area contributed by atoms with Gasteiger partial charge in [-0.15, -0.1) is 0 Å². The normalized spacial score (nSPS) is 19.5. The Morgan fingerprint density at radius 1 is 1.47 bits per heavy atom. The van der Waals surface area contributed by atoms with Crippen molar-refractivity contribution in [1.82, 2.24) is 0 Å². The third-order valence-electron chi connectivity index (χ3n) is 1.64.